The van der Waals surface area contributed by atoms with Crippen molar-refractivity contribution in [3.05, 3.63) is 151 Å². The van der Waals surface area contributed by atoms with Crippen molar-refractivity contribution >= 4 is 0 Å². The van der Waals surface area contributed by atoms with Crippen molar-refractivity contribution < 1.29 is 26.3 Å². The summed E-state index contributed by atoms with van der Waals surface area (Å²) in [4.78, 5) is 4.90. The Morgan fingerprint density at radius 2 is 0.771 bits per heavy atom. The van der Waals surface area contributed by atoms with Crippen LogP contribution in [0.15, 0.2) is 140 Å². The summed E-state index contributed by atoms with van der Waals surface area (Å²) in [6.07, 6.45) is -8.93. The number of hydrogen-bond donors (Lipinski definition) is 0. The van der Waals surface area contributed by atoms with E-state index in [1.807, 2.05) is 60.7 Å². The van der Waals surface area contributed by atoms with E-state index in [4.69, 9.17) is 15.2 Å². The van der Waals surface area contributed by atoms with Crippen LogP contribution in [-0.2, 0) is 12.4 Å². The average molecular weight is 652 g/mol. The number of benzene rings is 4. The molecule has 238 valence electrons. The summed E-state index contributed by atoms with van der Waals surface area (Å²) in [5.41, 5.74) is 3.30. The van der Waals surface area contributed by atoms with Gasteiger partial charge in [0.05, 0.1) is 33.9 Å². The second-order valence-electron chi connectivity index (χ2n) is 10.9. The fraction of sp³-hybridized carbons (Fsp3) is 0.0541. The molecule has 7 rings (SSSR count). The lowest BCUT2D eigenvalue weighted by Crippen LogP contribution is -2.07. The summed E-state index contributed by atoms with van der Waals surface area (Å²) in [6, 6.07) is 37.3. The maximum atomic E-state index is 13.2. The molecule has 0 radical (unpaired) electrons. The van der Waals surface area contributed by atoms with Gasteiger partial charge in [-0.3, -0.25) is 0 Å². The van der Waals surface area contributed by atoms with Crippen LogP contribution in [0.2, 0.25) is 0 Å². The van der Waals surface area contributed by atoms with E-state index in [0.29, 0.717) is 45.5 Å². The normalized spacial score (nSPS) is 12.0. The minimum absolute atomic E-state index is 0.412. The lowest BCUT2D eigenvalue weighted by Gasteiger charge is -2.11. The average Bonchev–Trinajstić information content (AvgIpc) is 3.75. The van der Waals surface area contributed by atoms with E-state index in [9.17, 15) is 26.3 Å². The third-order valence-corrected chi connectivity index (χ3v) is 7.73. The zero-order valence-electron chi connectivity index (χ0n) is 24.8. The quantitative estimate of drug-likeness (QED) is 0.168. The highest BCUT2D eigenvalue weighted by molar-refractivity contribution is 5.72. The Morgan fingerprint density at radius 1 is 0.396 bits per heavy atom. The maximum absolute atomic E-state index is 13.2. The molecule has 0 saturated carbocycles. The molecule has 0 spiro atoms. The molecule has 7 aromatic rings. The van der Waals surface area contributed by atoms with Gasteiger partial charge in [0.1, 0.15) is 0 Å². The molecule has 0 bridgehead atoms. The number of hydrogen-bond acceptors (Lipinski definition) is 3. The number of alkyl halides is 6. The largest absolute Gasteiger partial charge is 0.416 e. The zero-order valence-corrected chi connectivity index (χ0v) is 24.8. The molecule has 0 aliphatic heterocycles. The van der Waals surface area contributed by atoms with Gasteiger partial charge in [-0.25, -0.2) is 14.3 Å². The van der Waals surface area contributed by atoms with Gasteiger partial charge < -0.3 is 0 Å². The topological polar surface area (TPSA) is 48.5 Å². The van der Waals surface area contributed by atoms with Crippen LogP contribution in [-0.4, -0.2) is 24.5 Å². The first-order valence-electron chi connectivity index (χ1n) is 14.7. The Balaban J connectivity index is 1.34. The molecule has 11 heteroatoms. The monoisotopic (exact) mass is 651 g/mol. The second-order valence-corrected chi connectivity index (χ2v) is 10.9. The number of rotatable bonds is 6. The van der Waals surface area contributed by atoms with Crippen molar-refractivity contribution in [2.75, 3.05) is 0 Å². The van der Waals surface area contributed by atoms with Crippen molar-refractivity contribution in [3.8, 4) is 56.7 Å². The van der Waals surface area contributed by atoms with E-state index in [-0.39, 0.29) is 0 Å². The fourth-order valence-electron chi connectivity index (χ4n) is 5.33. The Labute approximate surface area is 270 Å². The summed E-state index contributed by atoms with van der Waals surface area (Å²) in [6.45, 7) is 0. The molecule has 3 heterocycles. The molecule has 0 atom stereocenters. The number of aromatic nitrogens is 5. The fourth-order valence-corrected chi connectivity index (χ4v) is 5.33. The first kappa shape index (κ1) is 30.7. The molecule has 0 aliphatic carbocycles. The Morgan fingerprint density at radius 3 is 1.12 bits per heavy atom. The smallest absolute Gasteiger partial charge is 0.214 e. The predicted molar refractivity (Wildman–Crippen MR) is 170 cm³/mol. The van der Waals surface area contributed by atoms with Crippen molar-refractivity contribution in [3.63, 3.8) is 0 Å². The third-order valence-electron chi connectivity index (χ3n) is 7.73. The molecule has 0 saturated heterocycles. The van der Waals surface area contributed by atoms with E-state index in [0.717, 1.165) is 35.4 Å². The van der Waals surface area contributed by atoms with Gasteiger partial charge in [-0.2, -0.15) is 36.5 Å². The molecular weight excluding hydrogens is 628 g/mol. The van der Waals surface area contributed by atoms with Crippen LogP contribution in [0.25, 0.3) is 56.7 Å². The van der Waals surface area contributed by atoms with E-state index in [1.165, 1.54) is 24.3 Å². The molecule has 5 nitrogen and oxygen atoms in total. The number of pyridine rings is 1. The molecule has 0 N–H and O–H groups in total. The van der Waals surface area contributed by atoms with Crippen LogP contribution < -0.4 is 0 Å². The summed E-state index contributed by atoms with van der Waals surface area (Å²) >= 11 is 0. The number of halogens is 6. The first-order valence-corrected chi connectivity index (χ1v) is 14.7. The van der Waals surface area contributed by atoms with E-state index < -0.39 is 23.5 Å². The first-order chi connectivity index (χ1) is 23.0. The van der Waals surface area contributed by atoms with Gasteiger partial charge in [-0.05, 0) is 48.5 Å². The van der Waals surface area contributed by atoms with Crippen LogP contribution in [0.3, 0.4) is 0 Å². The summed E-state index contributed by atoms with van der Waals surface area (Å²) in [5.74, 6) is 0.824. The Kier molecular flexibility index (Phi) is 7.67. The van der Waals surface area contributed by atoms with Crippen LogP contribution in [0.1, 0.15) is 11.1 Å². The van der Waals surface area contributed by atoms with Gasteiger partial charge in [0.25, 0.3) is 0 Å². The molecule has 48 heavy (non-hydrogen) atoms. The van der Waals surface area contributed by atoms with Crippen molar-refractivity contribution in [2.24, 2.45) is 0 Å². The third kappa shape index (κ3) is 6.09. The molecule has 3 aromatic heterocycles. The van der Waals surface area contributed by atoms with Gasteiger partial charge in [-0.1, -0.05) is 91.0 Å². The number of nitrogens with zero attached hydrogens (tertiary/aromatic N) is 5. The second kappa shape index (κ2) is 12.0. The molecule has 0 fully saturated rings. The Bertz CT molecular complexity index is 2030. The van der Waals surface area contributed by atoms with Crippen LogP contribution in [0.4, 0.5) is 26.3 Å². The molecule has 4 aromatic carbocycles. The molecule has 0 aliphatic rings. The summed E-state index contributed by atoms with van der Waals surface area (Å²) < 4.78 is 82.6. The maximum Gasteiger partial charge on any atom is 0.416 e. The highest BCUT2D eigenvalue weighted by Crippen LogP contribution is 2.35. The lowest BCUT2D eigenvalue weighted by molar-refractivity contribution is -0.138. The SMILES string of the molecule is FC(F)(F)c1ccc(-c2cc(-c3ccccc3)n(-c3cccc(-n4nc(-c5ccc(C(F)(F)F)cc5)cc4-c4ccccc4)n3)n2)cc1. The van der Waals surface area contributed by atoms with Crippen molar-refractivity contribution in [1.29, 1.82) is 0 Å². The van der Waals surface area contributed by atoms with E-state index in [1.54, 1.807) is 39.7 Å². The highest BCUT2D eigenvalue weighted by Gasteiger charge is 2.31. The minimum Gasteiger partial charge on any atom is -0.214 e. The minimum atomic E-state index is -4.46. The predicted octanol–water partition coefficient (Wildman–Crippen LogP) is 10.2. The van der Waals surface area contributed by atoms with E-state index in [2.05, 4.69) is 0 Å². The lowest BCUT2D eigenvalue weighted by atomic mass is 10.1. The van der Waals surface area contributed by atoms with Gasteiger partial charge in [0.2, 0.25) is 0 Å². The molecular formula is C37H23F6N5. The van der Waals surface area contributed by atoms with Crippen LogP contribution in [0.5, 0.6) is 0 Å². The van der Waals surface area contributed by atoms with Gasteiger partial charge in [-0.15, -0.1) is 0 Å². The van der Waals surface area contributed by atoms with Crippen molar-refractivity contribution in [2.45, 2.75) is 12.4 Å². The van der Waals surface area contributed by atoms with E-state index >= 15 is 0 Å². The highest BCUT2D eigenvalue weighted by atomic mass is 19.4. The summed E-state index contributed by atoms with van der Waals surface area (Å²) in [7, 11) is 0. The van der Waals surface area contributed by atoms with Gasteiger partial charge >= 0.3 is 12.4 Å². The van der Waals surface area contributed by atoms with Crippen LogP contribution >= 0.6 is 0 Å². The van der Waals surface area contributed by atoms with Crippen LogP contribution in [0, 0.1) is 0 Å². The standard InChI is InChI=1S/C37H23F6N5/c38-36(39,40)28-18-14-24(15-19-28)30-22-32(26-8-3-1-4-9-26)47(45-30)34-12-7-13-35(44-34)48-33(27-10-5-2-6-11-27)23-31(46-48)25-16-20-29(21-17-25)37(41,42)43/h1-23H. The van der Waals surface area contributed by atoms with Crippen molar-refractivity contribution in [1.82, 2.24) is 24.5 Å². The molecule has 0 unspecified atom stereocenters. The van der Waals surface area contributed by atoms with Gasteiger partial charge in [0, 0.05) is 22.3 Å². The zero-order chi connectivity index (χ0) is 33.5. The molecule has 0 amide bonds. The van der Waals surface area contributed by atoms with Gasteiger partial charge in [0.15, 0.2) is 11.6 Å². The Hall–Kier alpha value is -5.97. The summed E-state index contributed by atoms with van der Waals surface area (Å²) in [5, 5.41) is 9.53.